The Morgan fingerprint density at radius 1 is 0.938 bits per heavy atom. The molecule has 6 N–H and O–H groups in total. The number of aliphatic carboxylic acids is 2. The standard InChI is InChI=1S/C8H14N2O4.2ClH/c9-5(7(11)12)3-1-2-4-6(10)8(13)14;;/h1-2,5-6H,3-4,9-10H2,(H,11,12)(H,13,14);2*1H/b2-1+;;. The summed E-state index contributed by atoms with van der Waals surface area (Å²) in [6.07, 6.45) is 3.37. The molecular formula is C8H16Cl2N2O4. The number of rotatable bonds is 6. The van der Waals surface area contributed by atoms with Gasteiger partial charge < -0.3 is 21.7 Å². The smallest absolute Gasteiger partial charge is 0.320 e. The van der Waals surface area contributed by atoms with E-state index in [0.717, 1.165) is 0 Å². The topological polar surface area (TPSA) is 127 Å². The molecular weight excluding hydrogens is 259 g/mol. The van der Waals surface area contributed by atoms with Crippen molar-refractivity contribution < 1.29 is 19.8 Å². The Labute approximate surface area is 106 Å². The molecule has 0 aromatic carbocycles. The Kier molecular flexibility index (Phi) is 13.7. The third-order valence-electron chi connectivity index (χ3n) is 1.58. The molecule has 0 aliphatic heterocycles. The summed E-state index contributed by atoms with van der Waals surface area (Å²) in [6.45, 7) is 0. The maximum absolute atomic E-state index is 10.3. The first kappa shape index (κ1) is 20.6. The van der Waals surface area contributed by atoms with Crippen molar-refractivity contribution in [1.29, 1.82) is 0 Å². The van der Waals surface area contributed by atoms with Crippen LogP contribution in [0, 0.1) is 0 Å². The van der Waals surface area contributed by atoms with Crippen LogP contribution in [0.3, 0.4) is 0 Å². The molecule has 0 radical (unpaired) electrons. The molecule has 0 spiro atoms. The van der Waals surface area contributed by atoms with E-state index >= 15 is 0 Å². The number of hydrogen-bond donors (Lipinski definition) is 4. The molecule has 0 bridgehead atoms. The van der Waals surface area contributed by atoms with Gasteiger partial charge in [0.25, 0.3) is 0 Å². The van der Waals surface area contributed by atoms with Crippen LogP contribution in [0.25, 0.3) is 0 Å². The Morgan fingerprint density at radius 3 is 1.38 bits per heavy atom. The van der Waals surface area contributed by atoms with E-state index in [1.807, 2.05) is 0 Å². The van der Waals surface area contributed by atoms with Gasteiger partial charge in [0.2, 0.25) is 0 Å². The van der Waals surface area contributed by atoms with Gasteiger partial charge in [-0.25, -0.2) is 0 Å². The highest BCUT2D eigenvalue weighted by Crippen LogP contribution is 1.95. The molecule has 96 valence electrons. The Bertz CT molecular complexity index is 224. The third kappa shape index (κ3) is 9.72. The lowest BCUT2D eigenvalue weighted by Gasteiger charge is -2.02. The van der Waals surface area contributed by atoms with Crippen molar-refractivity contribution in [3.8, 4) is 0 Å². The molecule has 0 aromatic heterocycles. The van der Waals surface area contributed by atoms with Crippen molar-refractivity contribution in [3.05, 3.63) is 12.2 Å². The van der Waals surface area contributed by atoms with Crippen LogP contribution in [-0.4, -0.2) is 34.2 Å². The molecule has 0 aliphatic rings. The Morgan fingerprint density at radius 2 is 1.19 bits per heavy atom. The number of carboxylic acids is 2. The van der Waals surface area contributed by atoms with Crippen LogP contribution in [0.4, 0.5) is 0 Å². The van der Waals surface area contributed by atoms with Crippen molar-refractivity contribution in [3.63, 3.8) is 0 Å². The fourth-order valence-corrected chi connectivity index (χ4v) is 0.687. The molecule has 2 atom stereocenters. The van der Waals surface area contributed by atoms with Crippen molar-refractivity contribution >= 4 is 36.8 Å². The van der Waals surface area contributed by atoms with Crippen molar-refractivity contribution in [1.82, 2.24) is 0 Å². The molecule has 0 aromatic rings. The minimum absolute atomic E-state index is 0. The second kappa shape index (κ2) is 10.7. The third-order valence-corrected chi connectivity index (χ3v) is 1.58. The van der Waals surface area contributed by atoms with Crippen LogP contribution < -0.4 is 11.5 Å². The Balaban J connectivity index is -0.000000845. The number of carboxylic acid groups (broad SMARTS) is 2. The largest absolute Gasteiger partial charge is 0.480 e. The van der Waals surface area contributed by atoms with Crippen molar-refractivity contribution in [2.24, 2.45) is 11.5 Å². The lowest BCUT2D eigenvalue weighted by Crippen LogP contribution is -2.30. The summed E-state index contributed by atoms with van der Waals surface area (Å²) in [5.41, 5.74) is 10.4. The van der Waals surface area contributed by atoms with Crippen LogP contribution in [0.15, 0.2) is 12.2 Å². The molecule has 0 fully saturated rings. The van der Waals surface area contributed by atoms with E-state index in [2.05, 4.69) is 0 Å². The molecule has 0 aliphatic carbocycles. The van der Waals surface area contributed by atoms with Gasteiger partial charge in [0.15, 0.2) is 0 Å². The fraction of sp³-hybridized carbons (Fsp3) is 0.500. The SMILES string of the molecule is Cl.Cl.NC(C/C=C/CC(N)C(=O)O)C(=O)O. The predicted octanol–water partition coefficient (Wildman–Crippen LogP) is -0.00980. The highest BCUT2D eigenvalue weighted by molar-refractivity contribution is 5.85. The minimum atomic E-state index is -1.09. The van der Waals surface area contributed by atoms with Gasteiger partial charge in [0, 0.05) is 0 Å². The Hall–Kier alpha value is -0.820. The van der Waals surface area contributed by atoms with Crippen LogP contribution >= 0.6 is 24.8 Å². The number of halogens is 2. The summed E-state index contributed by atoms with van der Waals surface area (Å²) in [4.78, 5) is 20.5. The maximum atomic E-state index is 10.3. The lowest BCUT2D eigenvalue weighted by atomic mass is 10.1. The lowest BCUT2D eigenvalue weighted by molar-refractivity contribution is -0.139. The molecule has 0 rings (SSSR count). The van der Waals surface area contributed by atoms with Gasteiger partial charge in [-0.05, 0) is 12.8 Å². The van der Waals surface area contributed by atoms with Gasteiger partial charge in [-0.3, -0.25) is 9.59 Å². The summed E-state index contributed by atoms with van der Waals surface area (Å²) >= 11 is 0. The van der Waals surface area contributed by atoms with Crippen LogP contribution in [0.1, 0.15) is 12.8 Å². The van der Waals surface area contributed by atoms with Gasteiger partial charge in [0.05, 0.1) is 0 Å². The van der Waals surface area contributed by atoms with Gasteiger partial charge in [-0.1, -0.05) is 12.2 Å². The summed E-state index contributed by atoms with van der Waals surface area (Å²) in [7, 11) is 0. The number of carbonyl (C=O) groups is 2. The summed E-state index contributed by atoms with van der Waals surface area (Å²) < 4.78 is 0. The second-order valence-electron chi connectivity index (χ2n) is 2.83. The van der Waals surface area contributed by atoms with Gasteiger partial charge in [-0.15, -0.1) is 24.8 Å². The van der Waals surface area contributed by atoms with Crippen LogP contribution in [0.5, 0.6) is 0 Å². The number of hydrogen-bond acceptors (Lipinski definition) is 4. The van der Waals surface area contributed by atoms with Crippen molar-refractivity contribution in [2.45, 2.75) is 24.9 Å². The molecule has 0 saturated carbocycles. The molecule has 0 saturated heterocycles. The first-order chi connectivity index (χ1) is 6.45. The average Bonchev–Trinajstić information content (AvgIpc) is 2.11. The van der Waals surface area contributed by atoms with E-state index in [1.54, 1.807) is 0 Å². The molecule has 6 nitrogen and oxygen atoms in total. The molecule has 0 amide bonds. The van der Waals surface area contributed by atoms with Gasteiger partial charge >= 0.3 is 11.9 Å². The molecule has 2 unspecified atom stereocenters. The van der Waals surface area contributed by atoms with E-state index in [1.165, 1.54) is 12.2 Å². The monoisotopic (exact) mass is 274 g/mol. The normalized spacial score (nSPS) is 13.4. The first-order valence-corrected chi connectivity index (χ1v) is 4.07. The quantitative estimate of drug-likeness (QED) is 0.505. The summed E-state index contributed by atoms with van der Waals surface area (Å²) in [5, 5.41) is 16.8. The van der Waals surface area contributed by atoms with E-state index < -0.39 is 24.0 Å². The van der Waals surface area contributed by atoms with Gasteiger partial charge in [-0.2, -0.15) is 0 Å². The maximum Gasteiger partial charge on any atom is 0.320 e. The number of nitrogens with two attached hydrogens (primary N) is 2. The molecule has 8 heteroatoms. The van der Waals surface area contributed by atoms with Crippen LogP contribution in [-0.2, 0) is 9.59 Å². The average molecular weight is 275 g/mol. The molecule has 0 heterocycles. The molecule has 16 heavy (non-hydrogen) atoms. The minimum Gasteiger partial charge on any atom is -0.480 e. The highest BCUT2D eigenvalue weighted by atomic mass is 35.5. The zero-order chi connectivity index (χ0) is 11.1. The van der Waals surface area contributed by atoms with Crippen molar-refractivity contribution in [2.75, 3.05) is 0 Å². The van der Waals surface area contributed by atoms with Gasteiger partial charge in [0.1, 0.15) is 12.1 Å². The second-order valence-corrected chi connectivity index (χ2v) is 2.83. The summed E-state index contributed by atoms with van der Waals surface area (Å²) in [5.74, 6) is -2.17. The zero-order valence-corrected chi connectivity index (χ0v) is 10.0. The van der Waals surface area contributed by atoms with Crippen LogP contribution in [0.2, 0.25) is 0 Å². The highest BCUT2D eigenvalue weighted by Gasteiger charge is 2.10. The summed E-state index contributed by atoms with van der Waals surface area (Å²) in [6, 6.07) is -1.90. The van der Waals surface area contributed by atoms with E-state index in [0.29, 0.717) is 0 Å². The van der Waals surface area contributed by atoms with E-state index in [9.17, 15) is 9.59 Å². The zero-order valence-electron chi connectivity index (χ0n) is 8.41. The predicted molar refractivity (Wildman–Crippen MR) is 64.1 cm³/mol. The van der Waals surface area contributed by atoms with E-state index in [4.69, 9.17) is 21.7 Å². The van der Waals surface area contributed by atoms with E-state index in [-0.39, 0.29) is 37.7 Å². The first-order valence-electron chi connectivity index (χ1n) is 4.07. The fourth-order valence-electron chi connectivity index (χ4n) is 0.687.